The lowest BCUT2D eigenvalue weighted by Crippen LogP contribution is -2.20. The number of fused-ring (bicyclic) bond motifs is 1. The topological polar surface area (TPSA) is 12.9 Å². The third kappa shape index (κ3) is 2.49. The van der Waals surface area contributed by atoms with E-state index in [2.05, 4.69) is 25.8 Å². The molecule has 0 radical (unpaired) electrons. The van der Waals surface area contributed by atoms with E-state index in [1.807, 2.05) is 45.0 Å². The van der Waals surface area contributed by atoms with Crippen molar-refractivity contribution < 1.29 is 4.39 Å². The van der Waals surface area contributed by atoms with Crippen LogP contribution in [0.1, 0.15) is 52.8 Å². The smallest absolute Gasteiger partial charge is 0.217 e. The van der Waals surface area contributed by atoms with E-state index in [-0.39, 0.29) is 16.8 Å². The number of halogens is 1. The minimum absolute atomic E-state index is 0.170. The van der Waals surface area contributed by atoms with Gasteiger partial charge in [0.25, 0.3) is 0 Å². The molecule has 1 aromatic heterocycles. The molecule has 0 bridgehead atoms. The van der Waals surface area contributed by atoms with E-state index in [4.69, 9.17) is 0 Å². The summed E-state index contributed by atoms with van der Waals surface area (Å²) in [5.74, 6) is -0.337. The second kappa shape index (κ2) is 4.29. The van der Waals surface area contributed by atoms with E-state index < -0.39 is 0 Å². The molecule has 1 nitrogen and oxygen atoms in total. The molecule has 0 atom stereocenters. The Morgan fingerprint density at radius 3 is 1.84 bits per heavy atom. The van der Waals surface area contributed by atoms with Gasteiger partial charge in [0.05, 0.1) is 5.69 Å². The van der Waals surface area contributed by atoms with Gasteiger partial charge in [-0.1, -0.05) is 65.8 Å². The highest BCUT2D eigenvalue weighted by Crippen LogP contribution is 2.36. The highest BCUT2D eigenvalue weighted by molar-refractivity contribution is 5.89. The van der Waals surface area contributed by atoms with E-state index >= 15 is 0 Å². The predicted molar refractivity (Wildman–Crippen MR) is 79.1 cm³/mol. The van der Waals surface area contributed by atoms with Crippen LogP contribution in [0.25, 0.3) is 10.8 Å². The summed E-state index contributed by atoms with van der Waals surface area (Å²) < 4.78 is 14.5. The lowest BCUT2D eigenvalue weighted by Gasteiger charge is -2.26. The second-order valence-corrected chi connectivity index (χ2v) is 7.17. The molecule has 0 amide bonds. The van der Waals surface area contributed by atoms with Crippen molar-refractivity contribution in [2.45, 2.75) is 52.4 Å². The molecule has 0 unspecified atom stereocenters. The first-order chi connectivity index (χ1) is 8.62. The second-order valence-electron chi connectivity index (χ2n) is 7.17. The van der Waals surface area contributed by atoms with Crippen LogP contribution in [0.5, 0.6) is 0 Å². The van der Waals surface area contributed by atoms with Crippen molar-refractivity contribution in [3.05, 3.63) is 41.5 Å². The fourth-order valence-electron chi connectivity index (χ4n) is 2.52. The van der Waals surface area contributed by atoms with Crippen LogP contribution < -0.4 is 0 Å². The van der Waals surface area contributed by atoms with Gasteiger partial charge >= 0.3 is 0 Å². The van der Waals surface area contributed by atoms with Gasteiger partial charge in [-0.05, 0) is 10.8 Å². The van der Waals surface area contributed by atoms with E-state index in [9.17, 15) is 4.39 Å². The molecular weight excluding hydrogens is 237 g/mol. The van der Waals surface area contributed by atoms with Crippen molar-refractivity contribution in [2.24, 2.45) is 0 Å². The van der Waals surface area contributed by atoms with Crippen molar-refractivity contribution in [1.29, 1.82) is 0 Å². The van der Waals surface area contributed by atoms with Crippen molar-refractivity contribution in [3.63, 3.8) is 0 Å². The number of nitrogens with zero attached hydrogens (tertiary/aromatic N) is 1. The SMILES string of the molecule is CC(C)(C)c1nc(F)c(C(C)(C)C)c2ccccc12. The maximum Gasteiger partial charge on any atom is 0.217 e. The normalized spacial score (nSPS) is 13.0. The Bertz CT molecular complexity index is 615. The molecule has 0 N–H and O–H groups in total. The maximum absolute atomic E-state index is 14.5. The largest absolute Gasteiger partial charge is 0.223 e. The summed E-state index contributed by atoms with van der Waals surface area (Å²) in [6, 6.07) is 7.99. The number of rotatable bonds is 0. The average Bonchev–Trinajstić information content (AvgIpc) is 2.24. The first kappa shape index (κ1) is 14.0. The number of aromatic nitrogens is 1. The molecule has 2 heteroatoms. The molecule has 102 valence electrons. The standard InChI is InChI=1S/C17H22FN/c1-16(2,3)13-11-9-7-8-10-12(11)14(17(4,5)6)19-15(13)18/h7-10H,1-6H3. The van der Waals surface area contributed by atoms with Gasteiger partial charge in [-0.25, -0.2) is 4.98 Å². The van der Waals surface area contributed by atoms with Crippen molar-refractivity contribution in [3.8, 4) is 0 Å². The van der Waals surface area contributed by atoms with Crippen LogP contribution in [0.4, 0.5) is 4.39 Å². The predicted octanol–water partition coefficient (Wildman–Crippen LogP) is 4.97. The van der Waals surface area contributed by atoms with Gasteiger partial charge < -0.3 is 0 Å². The molecule has 0 spiro atoms. The molecule has 0 aliphatic carbocycles. The zero-order valence-corrected chi connectivity index (χ0v) is 12.6. The summed E-state index contributed by atoms with van der Waals surface area (Å²) in [6.45, 7) is 12.3. The van der Waals surface area contributed by atoms with Crippen LogP contribution >= 0.6 is 0 Å². The molecule has 0 saturated heterocycles. The Labute approximate surface area is 114 Å². The fourth-order valence-corrected chi connectivity index (χ4v) is 2.52. The Hall–Kier alpha value is -1.44. The van der Waals surface area contributed by atoms with Crippen molar-refractivity contribution >= 4 is 10.8 Å². The monoisotopic (exact) mass is 259 g/mol. The summed E-state index contributed by atoms with van der Waals surface area (Å²) in [4.78, 5) is 4.27. The molecule has 19 heavy (non-hydrogen) atoms. The quantitative estimate of drug-likeness (QED) is 0.609. The van der Waals surface area contributed by atoms with Gasteiger partial charge in [-0.3, -0.25) is 0 Å². The maximum atomic E-state index is 14.5. The van der Waals surface area contributed by atoms with Gasteiger partial charge in [0.2, 0.25) is 5.95 Å². The van der Waals surface area contributed by atoms with Crippen LogP contribution in [-0.4, -0.2) is 4.98 Å². The highest BCUT2D eigenvalue weighted by atomic mass is 19.1. The van der Waals surface area contributed by atoms with Gasteiger partial charge in [-0.2, -0.15) is 4.39 Å². The van der Waals surface area contributed by atoms with Crippen LogP contribution in [0.15, 0.2) is 24.3 Å². The van der Waals surface area contributed by atoms with E-state index in [0.29, 0.717) is 5.56 Å². The summed E-state index contributed by atoms with van der Waals surface area (Å²) in [7, 11) is 0. The van der Waals surface area contributed by atoms with Gasteiger partial charge in [0.15, 0.2) is 0 Å². The number of pyridine rings is 1. The summed E-state index contributed by atoms with van der Waals surface area (Å²) in [6.07, 6.45) is 0. The van der Waals surface area contributed by atoms with Crippen LogP contribution in [0.2, 0.25) is 0 Å². The Morgan fingerprint density at radius 2 is 1.37 bits per heavy atom. The van der Waals surface area contributed by atoms with E-state index in [1.165, 1.54) is 0 Å². The molecule has 1 heterocycles. The third-order valence-corrected chi connectivity index (χ3v) is 3.33. The first-order valence-electron chi connectivity index (χ1n) is 6.71. The average molecular weight is 259 g/mol. The number of benzene rings is 1. The lowest BCUT2D eigenvalue weighted by molar-refractivity contribution is 0.485. The third-order valence-electron chi connectivity index (χ3n) is 3.33. The van der Waals surface area contributed by atoms with E-state index in [1.54, 1.807) is 0 Å². The molecule has 0 saturated carbocycles. The first-order valence-corrected chi connectivity index (χ1v) is 6.71. The van der Waals surface area contributed by atoms with Crippen molar-refractivity contribution in [2.75, 3.05) is 0 Å². The summed E-state index contributed by atoms with van der Waals surface area (Å²) >= 11 is 0. The van der Waals surface area contributed by atoms with E-state index in [0.717, 1.165) is 16.5 Å². The Morgan fingerprint density at radius 1 is 0.842 bits per heavy atom. The van der Waals surface area contributed by atoms with Crippen molar-refractivity contribution in [1.82, 2.24) is 4.98 Å². The van der Waals surface area contributed by atoms with Gasteiger partial charge in [0, 0.05) is 16.4 Å². The zero-order chi connectivity index (χ0) is 14.4. The molecule has 0 aliphatic rings. The molecule has 2 aromatic rings. The summed E-state index contributed by atoms with van der Waals surface area (Å²) in [5, 5.41) is 2.04. The van der Waals surface area contributed by atoms with Crippen LogP contribution in [0.3, 0.4) is 0 Å². The van der Waals surface area contributed by atoms with Crippen LogP contribution in [-0.2, 0) is 10.8 Å². The van der Waals surface area contributed by atoms with Crippen LogP contribution in [0, 0.1) is 5.95 Å². The Balaban J connectivity index is 2.94. The lowest BCUT2D eigenvalue weighted by atomic mass is 9.81. The minimum Gasteiger partial charge on any atom is -0.223 e. The highest BCUT2D eigenvalue weighted by Gasteiger charge is 2.27. The summed E-state index contributed by atoms with van der Waals surface area (Å²) in [5.41, 5.74) is 1.11. The Kier molecular flexibility index (Phi) is 3.16. The molecular formula is C17H22FN. The minimum atomic E-state index is -0.337. The zero-order valence-electron chi connectivity index (χ0n) is 12.6. The number of hydrogen-bond donors (Lipinski definition) is 0. The molecule has 1 aromatic carbocycles. The molecule has 0 aliphatic heterocycles. The van der Waals surface area contributed by atoms with Gasteiger partial charge in [-0.15, -0.1) is 0 Å². The van der Waals surface area contributed by atoms with Gasteiger partial charge in [0.1, 0.15) is 0 Å². The fraction of sp³-hybridized carbons (Fsp3) is 0.471. The molecule has 0 fully saturated rings. The number of hydrogen-bond acceptors (Lipinski definition) is 1. The molecule has 2 rings (SSSR count).